The zero-order chi connectivity index (χ0) is 19.9. The Balaban J connectivity index is 1.63. The van der Waals surface area contributed by atoms with Gasteiger partial charge in [-0.15, -0.1) is 0 Å². The highest BCUT2D eigenvalue weighted by Gasteiger charge is 2.19. The molecule has 10 nitrogen and oxygen atoms in total. The number of ether oxygens (including phenoxy) is 2. The number of amides is 1. The van der Waals surface area contributed by atoms with Gasteiger partial charge in [-0.2, -0.15) is 5.10 Å². The normalized spacial score (nSPS) is 14.9. The first-order chi connectivity index (χ1) is 13.6. The summed E-state index contributed by atoms with van der Waals surface area (Å²) in [5.41, 5.74) is 2.63. The fourth-order valence-corrected chi connectivity index (χ4v) is 2.73. The molecule has 1 amide bonds. The summed E-state index contributed by atoms with van der Waals surface area (Å²) in [6, 6.07) is 7.72. The van der Waals surface area contributed by atoms with Crippen LogP contribution in [-0.4, -0.2) is 61.9 Å². The van der Waals surface area contributed by atoms with Crippen LogP contribution >= 0.6 is 0 Å². The van der Waals surface area contributed by atoms with E-state index in [9.17, 15) is 14.9 Å². The number of carbonyl (C=O) groups is 1. The summed E-state index contributed by atoms with van der Waals surface area (Å²) in [5, 5.41) is 15.2. The fraction of sp³-hybridized carbons (Fsp3) is 0.333. The minimum absolute atomic E-state index is 0.129. The van der Waals surface area contributed by atoms with Crippen LogP contribution in [0.1, 0.15) is 5.76 Å². The summed E-state index contributed by atoms with van der Waals surface area (Å²) < 4.78 is 15.8. The summed E-state index contributed by atoms with van der Waals surface area (Å²) in [6.45, 7) is 2.88. The molecule has 2 aromatic rings. The van der Waals surface area contributed by atoms with E-state index in [0.717, 1.165) is 0 Å². The maximum Gasteiger partial charge on any atom is 0.284 e. The molecule has 0 spiro atoms. The standard InChI is InChI=1S/C18H20N4O6/c1-26-13-2-4-15(16(10-13)22(24)25)17-5-3-14(28-17)11-19-20-18(23)12-21-6-8-27-9-7-21/h2-5,10-11H,6-9,12H2,1H3,(H,20,23)/b19-11-. The summed E-state index contributed by atoms with van der Waals surface area (Å²) >= 11 is 0. The van der Waals surface area contributed by atoms with Gasteiger partial charge >= 0.3 is 0 Å². The third kappa shape index (κ3) is 4.93. The van der Waals surface area contributed by atoms with Crippen molar-refractivity contribution >= 4 is 17.8 Å². The first-order valence-electron chi connectivity index (χ1n) is 8.61. The van der Waals surface area contributed by atoms with Gasteiger partial charge in [-0.3, -0.25) is 19.8 Å². The number of carbonyl (C=O) groups excluding carboxylic acids is 1. The Morgan fingerprint density at radius 3 is 2.86 bits per heavy atom. The van der Waals surface area contributed by atoms with Crippen LogP contribution in [0.25, 0.3) is 11.3 Å². The molecule has 1 saturated heterocycles. The summed E-state index contributed by atoms with van der Waals surface area (Å²) in [7, 11) is 1.44. The second kappa shape index (κ2) is 9.11. The lowest BCUT2D eigenvalue weighted by Gasteiger charge is -2.25. The van der Waals surface area contributed by atoms with E-state index >= 15 is 0 Å². The Morgan fingerprint density at radius 1 is 1.36 bits per heavy atom. The minimum Gasteiger partial charge on any atom is -0.497 e. The van der Waals surface area contributed by atoms with Crippen molar-refractivity contribution in [2.24, 2.45) is 5.10 Å². The van der Waals surface area contributed by atoms with Gasteiger partial charge < -0.3 is 13.9 Å². The lowest BCUT2D eigenvalue weighted by atomic mass is 10.1. The smallest absolute Gasteiger partial charge is 0.284 e. The maximum absolute atomic E-state index is 11.9. The van der Waals surface area contributed by atoms with Crippen LogP contribution in [0.3, 0.4) is 0 Å². The van der Waals surface area contributed by atoms with Gasteiger partial charge in [0.05, 0.1) is 49.6 Å². The minimum atomic E-state index is -0.500. The van der Waals surface area contributed by atoms with Crippen molar-refractivity contribution in [2.45, 2.75) is 0 Å². The Kier molecular flexibility index (Phi) is 6.35. The average Bonchev–Trinajstić information content (AvgIpc) is 3.17. The Hall–Kier alpha value is -3.24. The van der Waals surface area contributed by atoms with Crippen molar-refractivity contribution in [1.29, 1.82) is 0 Å². The highest BCUT2D eigenvalue weighted by atomic mass is 16.6. The number of nitrogens with one attached hydrogen (secondary N) is 1. The SMILES string of the molecule is COc1ccc(-c2ccc(/C=N\NC(=O)CN3CCOCC3)o2)c([N+](=O)[O-])c1. The van der Waals surface area contributed by atoms with Crippen molar-refractivity contribution < 1.29 is 23.6 Å². The Labute approximate surface area is 160 Å². The number of nitro groups is 1. The molecule has 1 aromatic heterocycles. The van der Waals surface area contributed by atoms with Crippen molar-refractivity contribution in [3.05, 3.63) is 46.2 Å². The number of nitro benzene ring substituents is 1. The van der Waals surface area contributed by atoms with Crippen molar-refractivity contribution in [2.75, 3.05) is 40.0 Å². The Bertz CT molecular complexity index is 873. The molecule has 1 N–H and O–H groups in total. The summed E-state index contributed by atoms with van der Waals surface area (Å²) in [6.07, 6.45) is 1.34. The van der Waals surface area contributed by atoms with Crippen molar-refractivity contribution in [3.8, 4) is 17.1 Å². The highest BCUT2D eigenvalue weighted by molar-refractivity contribution is 5.82. The van der Waals surface area contributed by atoms with Crippen LogP contribution in [0, 0.1) is 10.1 Å². The van der Waals surface area contributed by atoms with Gasteiger partial charge in [0, 0.05) is 13.1 Å². The molecule has 10 heteroatoms. The number of morpholine rings is 1. The van der Waals surface area contributed by atoms with Crippen molar-refractivity contribution in [1.82, 2.24) is 10.3 Å². The predicted octanol–water partition coefficient (Wildman–Crippen LogP) is 1.65. The van der Waals surface area contributed by atoms with Gasteiger partial charge in [0.1, 0.15) is 17.3 Å². The van der Waals surface area contributed by atoms with E-state index < -0.39 is 4.92 Å². The first-order valence-corrected chi connectivity index (χ1v) is 8.61. The van der Waals surface area contributed by atoms with Crippen LogP contribution in [0.15, 0.2) is 39.9 Å². The molecule has 2 heterocycles. The third-order valence-electron chi connectivity index (χ3n) is 4.15. The number of hydrazone groups is 1. The van der Waals surface area contributed by atoms with Gasteiger partial charge in [0.2, 0.25) is 0 Å². The Morgan fingerprint density at radius 2 is 2.14 bits per heavy atom. The highest BCUT2D eigenvalue weighted by Crippen LogP contribution is 2.33. The molecule has 1 aromatic carbocycles. The molecule has 0 unspecified atom stereocenters. The molecular weight excluding hydrogens is 368 g/mol. The van der Waals surface area contributed by atoms with Crippen molar-refractivity contribution in [3.63, 3.8) is 0 Å². The molecule has 1 aliphatic heterocycles. The number of hydrogen-bond acceptors (Lipinski definition) is 8. The number of furan rings is 1. The van der Waals surface area contributed by atoms with E-state index in [2.05, 4.69) is 10.5 Å². The van der Waals surface area contributed by atoms with Gasteiger partial charge in [-0.25, -0.2) is 5.43 Å². The second-order valence-electron chi connectivity index (χ2n) is 6.02. The molecule has 0 aliphatic carbocycles. The number of benzene rings is 1. The fourth-order valence-electron chi connectivity index (χ4n) is 2.73. The molecule has 0 saturated carbocycles. The van der Waals surface area contributed by atoms with E-state index in [1.54, 1.807) is 24.3 Å². The van der Waals surface area contributed by atoms with Crippen LogP contribution < -0.4 is 10.2 Å². The number of hydrogen-bond donors (Lipinski definition) is 1. The van der Waals surface area contributed by atoms with E-state index in [0.29, 0.717) is 49.1 Å². The van der Waals surface area contributed by atoms with Gasteiger partial charge in [-0.05, 0) is 24.3 Å². The average molecular weight is 388 g/mol. The molecule has 0 bridgehead atoms. The molecular formula is C18H20N4O6. The summed E-state index contributed by atoms with van der Waals surface area (Å²) in [5.74, 6) is 0.810. The topological polar surface area (TPSA) is 119 Å². The molecule has 28 heavy (non-hydrogen) atoms. The van der Waals surface area contributed by atoms with Crippen LogP contribution in [-0.2, 0) is 9.53 Å². The van der Waals surface area contributed by atoms with E-state index in [4.69, 9.17) is 13.9 Å². The third-order valence-corrected chi connectivity index (χ3v) is 4.15. The van der Waals surface area contributed by atoms with Crippen LogP contribution in [0.2, 0.25) is 0 Å². The molecule has 3 rings (SSSR count). The quantitative estimate of drug-likeness (QED) is 0.435. The molecule has 1 aliphatic rings. The lowest BCUT2D eigenvalue weighted by Crippen LogP contribution is -2.42. The van der Waals surface area contributed by atoms with Gasteiger partial charge in [0.25, 0.3) is 11.6 Å². The summed E-state index contributed by atoms with van der Waals surface area (Å²) in [4.78, 5) is 24.7. The van der Waals surface area contributed by atoms with Gasteiger partial charge in [0.15, 0.2) is 0 Å². The largest absolute Gasteiger partial charge is 0.497 e. The second-order valence-corrected chi connectivity index (χ2v) is 6.02. The molecule has 0 radical (unpaired) electrons. The van der Waals surface area contributed by atoms with Crippen LogP contribution in [0.4, 0.5) is 5.69 Å². The first kappa shape index (κ1) is 19.5. The number of nitrogens with zero attached hydrogens (tertiary/aromatic N) is 3. The van der Waals surface area contributed by atoms with Gasteiger partial charge in [-0.1, -0.05) is 0 Å². The monoisotopic (exact) mass is 388 g/mol. The zero-order valence-corrected chi connectivity index (χ0v) is 15.3. The molecule has 0 atom stereocenters. The predicted molar refractivity (Wildman–Crippen MR) is 100 cm³/mol. The maximum atomic E-state index is 11.9. The van der Waals surface area contributed by atoms with Crippen LogP contribution in [0.5, 0.6) is 5.75 Å². The zero-order valence-electron chi connectivity index (χ0n) is 15.3. The molecule has 148 valence electrons. The van der Waals surface area contributed by atoms with E-state index in [1.807, 2.05) is 4.90 Å². The van der Waals surface area contributed by atoms with E-state index in [1.165, 1.54) is 19.4 Å². The molecule has 1 fully saturated rings. The lowest BCUT2D eigenvalue weighted by molar-refractivity contribution is -0.384. The van der Waals surface area contributed by atoms with E-state index in [-0.39, 0.29) is 18.1 Å². The number of rotatable bonds is 7. The number of methoxy groups -OCH3 is 1.